The molecule has 2 aromatic rings. The van der Waals surface area contributed by atoms with E-state index in [1.165, 1.54) is 0 Å². The van der Waals surface area contributed by atoms with Gasteiger partial charge in [0, 0.05) is 26.0 Å². The fraction of sp³-hybridized carbons (Fsp3) is 0.286. The molecule has 0 atom stereocenters. The van der Waals surface area contributed by atoms with Gasteiger partial charge in [-0.15, -0.1) is 0 Å². The van der Waals surface area contributed by atoms with Crippen LogP contribution < -0.4 is 4.90 Å². The van der Waals surface area contributed by atoms with Crippen molar-refractivity contribution in [2.24, 2.45) is 0 Å². The number of likely N-dealkylation sites (N-methyl/N-ethyl adjacent to an activating group) is 1. The first-order chi connectivity index (χ1) is 9.36. The van der Waals surface area contributed by atoms with Crippen LogP contribution in [-0.4, -0.2) is 30.2 Å². The van der Waals surface area contributed by atoms with E-state index in [2.05, 4.69) is 9.97 Å². The number of hydrogen-bond donors (Lipinski definition) is 0. The molecule has 2 rings (SSSR count). The molecular weight excluding hydrogens is 242 g/mol. The molecule has 19 heavy (non-hydrogen) atoms. The number of aromatic nitrogens is 2. The maximum atomic E-state index is 5.14. The Hall–Kier alpha value is -1.98. The van der Waals surface area contributed by atoms with E-state index in [1.54, 1.807) is 18.5 Å². The van der Waals surface area contributed by atoms with Crippen LogP contribution >= 0.6 is 0 Å². The second-order valence-electron chi connectivity index (χ2n) is 4.04. The summed E-state index contributed by atoms with van der Waals surface area (Å²) in [5, 5.41) is 0. The molecule has 0 fully saturated rings. The van der Waals surface area contributed by atoms with Crippen LogP contribution in [0.3, 0.4) is 0 Å². The normalized spacial score (nSPS) is 10.4. The Bertz CT molecular complexity index is 465. The summed E-state index contributed by atoms with van der Waals surface area (Å²) in [5.41, 5.74) is 1.09. The molecule has 0 saturated heterocycles. The molecule has 1 aromatic carbocycles. The number of nitrogens with zero attached hydrogens (tertiary/aromatic N) is 3. The van der Waals surface area contributed by atoms with Crippen molar-refractivity contribution in [1.82, 2.24) is 9.97 Å². The van der Waals surface area contributed by atoms with Gasteiger partial charge in [-0.3, -0.25) is 0 Å². The number of anilines is 1. The first-order valence-corrected chi connectivity index (χ1v) is 6.13. The largest absolute Gasteiger partial charge is 0.341 e. The van der Waals surface area contributed by atoms with E-state index in [1.807, 2.05) is 42.3 Å². The standard InChI is InChI=1S/C14H17N3O2/c1-17(14-15-8-5-9-16-14)10-11-18-19-12-13-6-3-2-4-7-13/h2-9H,10-12H2,1H3. The highest BCUT2D eigenvalue weighted by molar-refractivity contribution is 5.25. The van der Waals surface area contributed by atoms with E-state index in [0.29, 0.717) is 25.7 Å². The molecule has 5 nitrogen and oxygen atoms in total. The minimum absolute atomic E-state index is 0.451. The van der Waals surface area contributed by atoms with Gasteiger partial charge in [-0.2, -0.15) is 0 Å². The molecule has 0 amide bonds. The van der Waals surface area contributed by atoms with E-state index in [0.717, 1.165) is 5.56 Å². The van der Waals surface area contributed by atoms with Gasteiger partial charge in [-0.1, -0.05) is 30.3 Å². The van der Waals surface area contributed by atoms with Crippen LogP contribution in [0.1, 0.15) is 5.56 Å². The van der Waals surface area contributed by atoms with E-state index in [9.17, 15) is 0 Å². The Morgan fingerprint density at radius 1 is 1.00 bits per heavy atom. The van der Waals surface area contributed by atoms with E-state index in [-0.39, 0.29) is 0 Å². The zero-order valence-electron chi connectivity index (χ0n) is 10.9. The molecule has 0 spiro atoms. The summed E-state index contributed by atoms with van der Waals surface area (Å²) in [6, 6.07) is 11.7. The topological polar surface area (TPSA) is 47.5 Å². The Morgan fingerprint density at radius 3 is 2.47 bits per heavy atom. The van der Waals surface area contributed by atoms with Crippen LogP contribution in [0.2, 0.25) is 0 Å². The van der Waals surface area contributed by atoms with E-state index >= 15 is 0 Å². The second-order valence-corrected chi connectivity index (χ2v) is 4.04. The van der Waals surface area contributed by atoms with Crippen molar-refractivity contribution in [2.75, 3.05) is 25.1 Å². The average molecular weight is 259 g/mol. The maximum absolute atomic E-state index is 5.14. The van der Waals surface area contributed by atoms with Crippen molar-refractivity contribution in [2.45, 2.75) is 6.61 Å². The zero-order chi connectivity index (χ0) is 13.3. The van der Waals surface area contributed by atoms with Gasteiger partial charge < -0.3 is 4.90 Å². The lowest BCUT2D eigenvalue weighted by Gasteiger charge is -2.15. The third-order valence-corrected chi connectivity index (χ3v) is 2.56. The average Bonchev–Trinajstić information content (AvgIpc) is 2.49. The molecule has 5 heteroatoms. The molecule has 0 aliphatic rings. The summed E-state index contributed by atoms with van der Waals surface area (Å²) in [6.45, 7) is 1.58. The molecule has 0 radical (unpaired) electrons. The van der Waals surface area contributed by atoms with Crippen LogP contribution in [0.5, 0.6) is 0 Å². The zero-order valence-corrected chi connectivity index (χ0v) is 10.9. The highest BCUT2D eigenvalue weighted by Gasteiger charge is 2.02. The van der Waals surface area contributed by atoms with Crippen LogP contribution in [0.4, 0.5) is 5.95 Å². The summed E-state index contributed by atoms with van der Waals surface area (Å²) in [5.74, 6) is 0.675. The highest BCUT2D eigenvalue weighted by atomic mass is 17.2. The fourth-order valence-electron chi connectivity index (χ4n) is 1.51. The molecule has 1 aromatic heterocycles. The summed E-state index contributed by atoms with van der Waals surface area (Å²) < 4.78 is 0. The molecular formula is C14H17N3O2. The predicted octanol–water partition coefficient (Wildman–Crippen LogP) is 2.06. The molecule has 1 heterocycles. The quantitative estimate of drug-likeness (QED) is 0.433. The number of benzene rings is 1. The number of hydrogen-bond acceptors (Lipinski definition) is 5. The van der Waals surface area contributed by atoms with Gasteiger partial charge in [0.05, 0.1) is 6.61 Å². The van der Waals surface area contributed by atoms with Crippen LogP contribution in [-0.2, 0) is 16.4 Å². The van der Waals surface area contributed by atoms with Gasteiger partial charge >= 0.3 is 0 Å². The van der Waals surface area contributed by atoms with Gasteiger partial charge in [0.1, 0.15) is 6.61 Å². The van der Waals surface area contributed by atoms with Crippen molar-refractivity contribution in [3.63, 3.8) is 0 Å². The van der Waals surface area contributed by atoms with Gasteiger partial charge in [-0.05, 0) is 11.6 Å². The van der Waals surface area contributed by atoms with Crippen molar-refractivity contribution in [3.8, 4) is 0 Å². The van der Waals surface area contributed by atoms with Gasteiger partial charge in [-0.25, -0.2) is 19.7 Å². The third kappa shape index (κ3) is 4.65. The van der Waals surface area contributed by atoms with Crippen molar-refractivity contribution in [1.29, 1.82) is 0 Å². The lowest BCUT2D eigenvalue weighted by molar-refractivity contribution is -0.301. The summed E-state index contributed by atoms with van der Waals surface area (Å²) >= 11 is 0. The Balaban J connectivity index is 1.62. The minimum atomic E-state index is 0.451. The van der Waals surface area contributed by atoms with Crippen LogP contribution in [0.25, 0.3) is 0 Å². The smallest absolute Gasteiger partial charge is 0.225 e. The molecule has 0 bridgehead atoms. The Morgan fingerprint density at radius 2 is 1.74 bits per heavy atom. The molecule has 100 valence electrons. The monoisotopic (exact) mass is 259 g/mol. The van der Waals surface area contributed by atoms with E-state index in [4.69, 9.17) is 9.78 Å². The first kappa shape index (κ1) is 13.5. The number of rotatable bonds is 7. The van der Waals surface area contributed by atoms with Crippen LogP contribution in [0, 0.1) is 0 Å². The first-order valence-electron chi connectivity index (χ1n) is 6.13. The summed E-state index contributed by atoms with van der Waals surface area (Å²) in [4.78, 5) is 20.5. The summed E-state index contributed by atoms with van der Waals surface area (Å²) in [6.07, 6.45) is 3.43. The molecule has 0 aliphatic carbocycles. The molecule has 0 saturated carbocycles. The second kappa shape index (κ2) is 7.45. The Kier molecular flexibility index (Phi) is 5.28. The maximum Gasteiger partial charge on any atom is 0.225 e. The summed E-state index contributed by atoms with van der Waals surface area (Å²) in [7, 11) is 1.91. The third-order valence-electron chi connectivity index (χ3n) is 2.56. The SMILES string of the molecule is CN(CCOOCc1ccccc1)c1ncccn1. The van der Waals surface area contributed by atoms with Gasteiger partial charge in [0.2, 0.25) is 5.95 Å². The Labute approximate surface area is 112 Å². The fourth-order valence-corrected chi connectivity index (χ4v) is 1.51. The lowest BCUT2D eigenvalue weighted by Crippen LogP contribution is -2.24. The molecule has 0 N–H and O–H groups in total. The van der Waals surface area contributed by atoms with Gasteiger partial charge in [0.25, 0.3) is 0 Å². The van der Waals surface area contributed by atoms with E-state index < -0.39 is 0 Å². The lowest BCUT2D eigenvalue weighted by atomic mass is 10.2. The highest BCUT2D eigenvalue weighted by Crippen LogP contribution is 2.02. The van der Waals surface area contributed by atoms with Crippen LogP contribution in [0.15, 0.2) is 48.8 Å². The van der Waals surface area contributed by atoms with Crippen molar-refractivity contribution < 1.29 is 9.78 Å². The minimum Gasteiger partial charge on any atom is -0.341 e. The molecule has 0 aliphatic heterocycles. The van der Waals surface area contributed by atoms with Crippen molar-refractivity contribution in [3.05, 3.63) is 54.4 Å². The van der Waals surface area contributed by atoms with Gasteiger partial charge in [0.15, 0.2) is 0 Å². The molecule has 0 unspecified atom stereocenters. The van der Waals surface area contributed by atoms with Crippen molar-refractivity contribution >= 4 is 5.95 Å². The predicted molar refractivity (Wildman–Crippen MR) is 72.5 cm³/mol.